The molecule has 0 aromatic heterocycles. The Labute approximate surface area is 73.8 Å². The van der Waals surface area contributed by atoms with Crippen LogP contribution in [0.2, 0.25) is 0 Å². The molecular formula is C9H9F3O. The monoisotopic (exact) mass is 190 g/mol. The van der Waals surface area contributed by atoms with E-state index in [1.54, 1.807) is 6.92 Å². The van der Waals surface area contributed by atoms with Crippen LogP contribution in [-0.4, -0.2) is 5.11 Å². The first-order chi connectivity index (χ1) is 6.06. The molecule has 13 heavy (non-hydrogen) atoms. The normalized spacial score (nSPS) is 13.0. The van der Waals surface area contributed by atoms with E-state index in [1.807, 2.05) is 0 Å². The third-order valence-corrected chi connectivity index (χ3v) is 1.76. The van der Waals surface area contributed by atoms with Gasteiger partial charge in [-0.3, -0.25) is 0 Å². The summed E-state index contributed by atoms with van der Waals surface area (Å²) in [7, 11) is 0. The lowest BCUT2D eigenvalue weighted by molar-refractivity contribution is 0.163. The van der Waals surface area contributed by atoms with Gasteiger partial charge < -0.3 is 5.11 Å². The lowest BCUT2D eigenvalue weighted by Crippen LogP contribution is -2.03. The summed E-state index contributed by atoms with van der Waals surface area (Å²) in [5, 5.41) is 9.18. The van der Waals surface area contributed by atoms with Crippen molar-refractivity contribution in [2.75, 3.05) is 0 Å². The highest BCUT2D eigenvalue weighted by atomic mass is 19.1. The summed E-state index contributed by atoms with van der Waals surface area (Å²) in [6.07, 6.45) is -1.04. The van der Waals surface area contributed by atoms with Crippen LogP contribution in [0.15, 0.2) is 12.1 Å². The van der Waals surface area contributed by atoms with Crippen LogP contribution in [0, 0.1) is 17.5 Å². The van der Waals surface area contributed by atoms with Gasteiger partial charge in [0, 0.05) is 12.1 Å². The van der Waals surface area contributed by atoms with Crippen LogP contribution in [0.25, 0.3) is 0 Å². The van der Waals surface area contributed by atoms with Crippen molar-refractivity contribution in [3.8, 4) is 0 Å². The van der Waals surface area contributed by atoms with Crippen molar-refractivity contribution in [3.05, 3.63) is 35.1 Å². The Bertz CT molecular complexity index is 289. The molecule has 0 heterocycles. The number of benzene rings is 1. The van der Waals surface area contributed by atoms with Gasteiger partial charge in [0.2, 0.25) is 0 Å². The molecule has 72 valence electrons. The lowest BCUT2D eigenvalue weighted by Gasteiger charge is -2.10. The van der Waals surface area contributed by atoms with Gasteiger partial charge in [-0.2, -0.15) is 0 Å². The van der Waals surface area contributed by atoms with Crippen LogP contribution in [-0.2, 0) is 0 Å². The molecular weight excluding hydrogens is 181 g/mol. The summed E-state index contributed by atoms with van der Waals surface area (Å²) in [4.78, 5) is 0. The van der Waals surface area contributed by atoms with Gasteiger partial charge >= 0.3 is 0 Å². The molecule has 0 aliphatic carbocycles. The number of halogens is 3. The van der Waals surface area contributed by atoms with Crippen LogP contribution in [0.1, 0.15) is 25.0 Å². The van der Waals surface area contributed by atoms with Crippen molar-refractivity contribution < 1.29 is 18.3 Å². The fraction of sp³-hybridized carbons (Fsp3) is 0.333. The Kier molecular flexibility index (Phi) is 2.93. The molecule has 1 N–H and O–H groups in total. The van der Waals surface area contributed by atoms with Gasteiger partial charge in [0.1, 0.15) is 17.5 Å². The van der Waals surface area contributed by atoms with Gasteiger partial charge in [-0.05, 0) is 6.42 Å². The summed E-state index contributed by atoms with van der Waals surface area (Å²) >= 11 is 0. The molecule has 0 bridgehead atoms. The van der Waals surface area contributed by atoms with Crippen LogP contribution in [0.4, 0.5) is 13.2 Å². The second-order valence-corrected chi connectivity index (χ2v) is 2.71. The van der Waals surface area contributed by atoms with E-state index in [9.17, 15) is 18.3 Å². The van der Waals surface area contributed by atoms with Gasteiger partial charge in [0.15, 0.2) is 0 Å². The summed E-state index contributed by atoms with van der Waals surface area (Å²) in [5.41, 5.74) is -0.469. The topological polar surface area (TPSA) is 20.2 Å². The van der Waals surface area contributed by atoms with Crippen LogP contribution in [0.3, 0.4) is 0 Å². The zero-order valence-electron chi connectivity index (χ0n) is 7.02. The third-order valence-electron chi connectivity index (χ3n) is 1.76. The molecule has 1 atom stereocenters. The van der Waals surface area contributed by atoms with E-state index in [2.05, 4.69) is 0 Å². The molecule has 4 heteroatoms. The minimum atomic E-state index is -1.22. The zero-order chi connectivity index (χ0) is 10.0. The largest absolute Gasteiger partial charge is 0.388 e. The Morgan fingerprint density at radius 1 is 1.23 bits per heavy atom. The van der Waals surface area contributed by atoms with Gasteiger partial charge in [0.05, 0.1) is 11.7 Å². The van der Waals surface area contributed by atoms with Crippen molar-refractivity contribution >= 4 is 0 Å². The Hall–Kier alpha value is -1.03. The highest BCUT2D eigenvalue weighted by Crippen LogP contribution is 2.23. The zero-order valence-corrected chi connectivity index (χ0v) is 7.02. The second kappa shape index (κ2) is 3.79. The molecule has 1 nitrogen and oxygen atoms in total. The SMILES string of the molecule is CC[C@@H](O)c1c(F)cc(F)cc1F. The number of hydrogen-bond acceptors (Lipinski definition) is 1. The first-order valence-corrected chi connectivity index (χ1v) is 3.88. The molecule has 0 aliphatic rings. The molecule has 0 radical (unpaired) electrons. The summed E-state index contributed by atoms with van der Waals surface area (Å²) in [5.74, 6) is -3.08. The van der Waals surface area contributed by atoms with E-state index in [0.29, 0.717) is 12.1 Å². The fourth-order valence-electron chi connectivity index (χ4n) is 1.08. The maximum Gasteiger partial charge on any atom is 0.134 e. The number of rotatable bonds is 2. The third kappa shape index (κ3) is 2.01. The van der Waals surface area contributed by atoms with Gasteiger partial charge in [-0.15, -0.1) is 0 Å². The lowest BCUT2D eigenvalue weighted by atomic mass is 10.1. The summed E-state index contributed by atoms with van der Waals surface area (Å²) in [6.45, 7) is 1.58. The maximum atomic E-state index is 12.9. The van der Waals surface area contributed by atoms with E-state index in [-0.39, 0.29) is 6.42 Å². The van der Waals surface area contributed by atoms with Gasteiger partial charge in [-0.25, -0.2) is 13.2 Å². The van der Waals surface area contributed by atoms with Crippen molar-refractivity contribution in [2.45, 2.75) is 19.4 Å². The summed E-state index contributed by atoms with van der Waals surface area (Å²) in [6, 6.07) is 1.11. The van der Waals surface area contributed by atoms with Crippen molar-refractivity contribution in [1.82, 2.24) is 0 Å². The molecule has 1 aromatic carbocycles. The predicted octanol–water partition coefficient (Wildman–Crippen LogP) is 2.55. The Balaban J connectivity index is 3.20. The first-order valence-electron chi connectivity index (χ1n) is 3.88. The number of aliphatic hydroxyl groups excluding tert-OH is 1. The molecule has 0 amide bonds. The van der Waals surface area contributed by atoms with Crippen LogP contribution in [0.5, 0.6) is 0 Å². The van der Waals surface area contributed by atoms with E-state index in [4.69, 9.17) is 0 Å². The minimum Gasteiger partial charge on any atom is -0.388 e. The van der Waals surface area contributed by atoms with E-state index >= 15 is 0 Å². The average molecular weight is 190 g/mol. The number of hydrogen-bond donors (Lipinski definition) is 1. The molecule has 0 fully saturated rings. The molecule has 0 saturated carbocycles. The van der Waals surface area contributed by atoms with E-state index in [0.717, 1.165) is 0 Å². The highest BCUT2D eigenvalue weighted by molar-refractivity contribution is 5.22. The predicted molar refractivity (Wildman–Crippen MR) is 41.6 cm³/mol. The minimum absolute atomic E-state index is 0.180. The van der Waals surface area contributed by atoms with Crippen LogP contribution >= 0.6 is 0 Å². The molecule has 1 rings (SSSR count). The van der Waals surface area contributed by atoms with Crippen molar-refractivity contribution in [3.63, 3.8) is 0 Å². The molecule has 0 unspecified atom stereocenters. The van der Waals surface area contributed by atoms with E-state index < -0.39 is 29.1 Å². The van der Waals surface area contributed by atoms with Crippen molar-refractivity contribution in [1.29, 1.82) is 0 Å². The highest BCUT2D eigenvalue weighted by Gasteiger charge is 2.17. The smallest absolute Gasteiger partial charge is 0.134 e. The first kappa shape index (κ1) is 10.1. The maximum absolute atomic E-state index is 12.9. The summed E-state index contributed by atoms with van der Waals surface area (Å²) < 4.78 is 38.2. The fourth-order valence-corrected chi connectivity index (χ4v) is 1.08. The molecule has 1 aromatic rings. The Morgan fingerprint density at radius 2 is 1.69 bits per heavy atom. The average Bonchev–Trinajstić information content (AvgIpc) is 2.02. The van der Waals surface area contributed by atoms with Crippen molar-refractivity contribution in [2.24, 2.45) is 0 Å². The standard InChI is InChI=1S/C9H9F3O/c1-2-8(13)9-6(11)3-5(10)4-7(9)12/h3-4,8,13H,2H2,1H3/t8-/m1/s1. The molecule has 0 spiro atoms. The second-order valence-electron chi connectivity index (χ2n) is 2.71. The van der Waals surface area contributed by atoms with Gasteiger partial charge in [-0.1, -0.05) is 6.92 Å². The van der Waals surface area contributed by atoms with Crippen LogP contribution < -0.4 is 0 Å². The Morgan fingerprint density at radius 3 is 2.08 bits per heavy atom. The number of aliphatic hydroxyl groups is 1. The van der Waals surface area contributed by atoms with Gasteiger partial charge in [0.25, 0.3) is 0 Å². The molecule has 0 saturated heterocycles. The quantitative estimate of drug-likeness (QED) is 0.759. The van der Waals surface area contributed by atoms with E-state index in [1.165, 1.54) is 0 Å². The molecule has 0 aliphatic heterocycles.